The normalized spacial score (nSPS) is 10.4. The van der Waals surface area contributed by atoms with Gasteiger partial charge in [0.25, 0.3) is 0 Å². The molecule has 0 aliphatic heterocycles. The number of anilines is 1. The van der Waals surface area contributed by atoms with Gasteiger partial charge in [-0.3, -0.25) is 4.79 Å². The van der Waals surface area contributed by atoms with Crippen molar-refractivity contribution >= 4 is 28.9 Å². The Hall–Kier alpha value is -1.69. The summed E-state index contributed by atoms with van der Waals surface area (Å²) in [5.74, 6) is 0.570. The summed E-state index contributed by atoms with van der Waals surface area (Å²) in [6, 6.07) is 3.79. The lowest BCUT2D eigenvalue weighted by molar-refractivity contribution is -0.120. The van der Waals surface area contributed by atoms with E-state index in [2.05, 4.69) is 10.3 Å². The number of amides is 1. The molecular weight excluding hydrogens is 260 g/mol. The molecule has 0 atom stereocenters. The first-order valence-corrected chi connectivity index (χ1v) is 6.50. The van der Waals surface area contributed by atoms with E-state index in [0.717, 1.165) is 5.69 Å². The highest BCUT2D eigenvalue weighted by Crippen LogP contribution is 2.17. The second-order valence-corrected chi connectivity index (χ2v) is 5.21. The first-order chi connectivity index (χ1) is 8.81. The summed E-state index contributed by atoms with van der Waals surface area (Å²) in [6.45, 7) is 5.94. The zero-order valence-electron chi connectivity index (χ0n) is 11.7. The first kappa shape index (κ1) is 15.4. The Kier molecular flexibility index (Phi) is 5.23. The number of nitrogens with one attached hydrogen (secondary N) is 1. The molecule has 0 unspecified atom stereocenters. The van der Waals surface area contributed by atoms with E-state index in [0.29, 0.717) is 11.4 Å². The van der Waals surface area contributed by atoms with Gasteiger partial charge in [-0.15, -0.1) is 0 Å². The number of nitrogens with two attached hydrogens (primary N) is 1. The van der Waals surface area contributed by atoms with Gasteiger partial charge in [-0.25, -0.2) is 4.98 Å². The van der Waals surface area contributed by atoms with Crippen LogP contribution < -0.4 is 16.0 Å². The number of carbonyl (C=O) groups excluding carboxylic acids is 1. The van der Waals surface area contributed by atoms with Crippen molar-refractivity contribution < 1.29 is 4.79 Å². The number of thiocarbonyl (C=S) groups is 1. The smallest absolute Gasteiger partial charge is 0.239 e. The fraction of sp³-hybridized carbons (Fsp3) is 0.462. The minimum atomic E-state index is -0.0605. The third-order valence-corrected chi connectivity index (χ3v) is 2.69. The molecule has 5 nitrogen and oxygen atoms in total. The maximum Gasteiger partial charge on any atom is 0.239 e. The fourth-order valence-electron chi connectivity index (χ4n) is 1.68. The van der Waals surface area contributed by atoms with Gasteiger partial charge in [0.2, 0.25) is 5.91 Å². The predicted molar refractivity (Wildman–Crippen MR) is 81.4 cm³/mol. The molecule has 1 heterocycles. The number of rotatable bonds is 5. The highest BCUT2D eigenvalue weighted by Gasteiger charge is 2.14. The van der Waals surface area contributed by atoms with Crippen LogP contribution in [0.1, 0.15) is 25.1 Å². The van der Waals surface area contributed by atoms with Crippen molar-refractivity contribution in [2.75, 3.05) is 18.5 Å². The molecule has 0 radical (unpaired) electrons. The summed E-state index contributed by atoms with van der Waals surface area (Å²) < 4.78 is 0. The molecule has 1 aromatic rings. The Morgan fingerprint density at radius 1 is 1.53 bits per heavy atom. The summed E-state index contributed by atoms with van der Waals surface area (Å²) >= 11 is 5.01. The third kappa shape index (κ3) is 4.48. The average Bonchev–Trinajstić information content (AvgIpc) is 2.26. The summed E-state index contributed by atoms with van der Waals surface area (Å²) in [6.07, 6.45) is 0. The monoisotopic (exact) mass is 280 g/mol. The largest absolute Gasteiger partial charge is 0.389 e. The van der Waals surface area contributed by atoms with Crippen LogP contribution in [-0.2, 0) is 4.79 Å². The Bertz CT molecular complexity index is 488. The molecule has 3 N–H and O–H groups in total. The highest BCUT2D eigenvalue weighted by molar-refractivity contribution is 7.80. The molecule has 0 bridgehead atoms. The van der Waals surface area contributed by atoms with Gasteiger partial charge in [-0.05, 0) is 32.9 Å². The van der Waals surface area contributed by atoms with Gasteiger partial charge < -0.3 is 16.0 Å². The van der Waals surface area contributed by atoms with Gasteiger partial charge in [0, 0.05) is 18.8 Å². The van der Waals surface area contributed by atoms with E-state index < -0.39 is 0 Å². The number of carbonyl (C=O) groups is 1. The van der Waals surface area contributed by atoms with Gasteiger partial charge in [-0.2, -0.15) is 0 Å². The highest BCUT2D eigenvalue weighted by atomic mass is 32.1. The lowest BCUT2D eigenvalue weighted by Crippen LogP contribution is -2.39. The van der Waals surface area contributed by atoms with Crippen LogP contribution in [0.5, 0.6) is 0 Å². The van der Waals surface area contributed by atoms with E-state index >= 15 is 0 Å². The van der Waals surface area contributed by atoms with Crippen LogP contribution in [0.15, 0.2) is 12.1 Å². The Balaban J connectivity index is 2.92. The van der Waals surface area contributed by atoms with Crippen molar-refractivity contribution in [2.24, 2.45) is 5.73 Å². The SMILES string of the molecule is Cc1ccc(C(N)=S)c(N(C)CC(=O)NC(C)C)n1. The molecule has 19 heavy (non-hydrogen) atoms. The van der Waals surface area contributed by atoms with E-state index in [-0.39, 0.29) is 23.5 Å². The van der Waals surface area contributed by atoms with E-state index in [9.17, 15) is 4.79 Å². The lowest BCUT2D eigenvalue weighted by Gasteiger charge is -2.21. The Labute approximate surface area is 119 Å². The van der Waals surface area contributed by atoms with Crippen molar-refractivity contribution in [1.29, 1.82) is 0 Å². The first-order valence-electron chi connectivity index (χ1n) is 6.09. The molecule has 0 fully saturated rings. The molecule has 1 aromatic heterocycles. The van der Waals surface area contributed by atoms with Gasteiger partial charge in [0.15, 0.2) is 0 Å². The van der Waals surface area contributed by atoms with Gasteiger partial charge in [0.05, 0.1) is 12.1 Å². The zero-order chi connectivity index (χ0) is 14.6. The van der Waals surface area contributed by atoms with Crippen LogP contribution in [0.4, 0.5) is 5.82 Å². The van der Waals surface area contributed by atoms with Crippen molar-refractivity contribution in [1.82, 2.24) is 10.3 Å². The molecular formula is C13H20N4OS. The van der Waals surface area contributed by atoms with Crippen LogP contribution in [0, 0.1) is 6.92 Å². The molecule has 0 aliphatic rings. The molecule has 104 valence electrons. The number of nitrogens with zero attached hydrogens (tertiary/aromatic N) is 2. The summed E-state index contributed by atoms with van der Waals surface area (Å²) in [5.41, 5.74) is 7.21. The maximum absolute atomic E-state index is 11.8. The number of likely N-dealkylation sites (N-methyl/N-ethyl adjacent to an activating group) is 1. The molecule has 0 aromatic carbocycles. The lowest BCUT2D eigenvalue weighted by atomic mass is 10.2. The van der Waals surface area contributed by atoms with E-state index in [1.807, 2.05) is 32.9 Å². The number of hydrogen-bond donors (Lipinski definition) is 2. The summed E-state index contributed by atoms with van der Waals surface area (Å²) in [7, 11) is 1.80. The summed E-state index contributed by atoms with van der Waals surface area (Å²) in [5, 5.41) is 2.83. The number of pyridine rings is 1. The fourth-order valence-corrected chi connectivity index (χ4v) is 1.84. The second kappa shape index (κ2) is 6.47. The standard InChI is InChI=1S/C13H20N4OS/c1-8(2)15-11(18)7-17(4)13-10(12(14)19)6-5-9(3)16-13/h5-6,8H,7H2,1-4H3,(H2,14,19)(H,15,18). The van der Waals surface area contributed by atoms with Crippen LogP contribution in [0.3, 0.4) is 0 Å². The third-order valence-electron chi connectivity index (χ3n) is 2.47. The molecule has 1 rings (SSSR count). The van der Waals surface area contributed by atoms with Gasteiger partial charge in [-0.1, -0.05) is 12.2 Å². The predicted octanol–water partition coefficient (Wildman–Crippen LogP) is 0.985. The topological polar surface area (TPSA) is 71.2 Å². The van der Waals surface area contributed by atoms with E-state index in [1.54, 1.807) is 11.9 Å². The van der Waals surface area contributed by atoms with Crippen molar-refractivity contribution in [3.05, 3.63) is 23.4 Å². The van der Waals surface area contributed by atoms with Crippen LogP contribution in [0.2, 0.25) is 0 Å². The van der Waals surface area contributed by atoms with Crippen molar-refractivity contribution in [3.63, 3.8) is 0 Å². The molecule has 0 saturated heterocycles. The number of hydrogen-bond acceptors (Lipinski definition) is 4. The zero-order valence-corrected chi connectivity index (χ0v) is 12.5. The molecule has 0 saturated carbocycles. The summed E-state index contributed by atoms with van der Waals surface area (Å²) in [4.78, 5) is 18.2. The number of aryl methyl sites for hydroxylation is 1. The Morgan fingerprint density at radius 2 is 2.16 bits per heavy atom. The van der Waals surface area contributed by atoms with Crippen molar-refractivity contribution in [2.45, 2.75) is 26.8 Å². The molecule has 0 spiro atoms. The van der Waals surface area contributed by atoms with Crippen molar-refractivity contribution in [3.8, 4) is 0 Å². The quantitative estimate of drug-likeness (QED) is 0.787. The second-order valence-electron chi connectivity index (χ2n) is 4.77. The van der Waals surface area contributed by atoms with E-state index in [1.165, 1.54) is 0 Å². The van der Waals surface area contributed by atoms with Crippen LogP contribution in [0.25, 0.3) is 0 Å². The van der Waals surface area contributed by atoms with Gasteiger partial charge >= 0.3 is 0 Å². The van der Waals surface area contributed by atoms with Crippen LogP contribution in [-0.4, -0.2) is 35.5 Å². The molecule has 1 amide bonds. The van der Waals surface area contributed by atoms with E-state index in [4.69, 9.17) is 18.0 Å². The Morgan fingerprint density at radius 3 is 2.68 bits per heavy atom. The van der Waals surface area contributed by atoms with Gasteiger partial charge in [0.1, 0.15) is 10.8 Å². The number of aromatic nitrogens is 1. The van der Waals surface area contributed by atoms with Crippen LogP contribution >= 0.6 is 12.2 Å². The maximum atomic E-state index is 11.8. The minimum Gasteiger partial charge on any atom is -0.389 e. The molecule has 6 heteroatoms. The average molecular weight is 280 g/mol. The molecule has 0 aliphatic carbocycles. The minimum absolute atomic E-state index is 0.0605.